The molecule has 0 atom stereocenters. The van der Waals surface area contributed by atoms with E-state index in [2.05, 4.69) is 293 Å². The van der Waals surface area contributed by atoms with Crippen LogP contribution in [-0.4, -0.2) is 28.7 Å². The summed E-state index contributed by atoms with van der Waals surface area (Å²) < 4.78 is 7.28. The van der Waals surface area contributed by atoms with Crippen LogP contribution in [0, 0.1) is 0 Å². The van der Waals surface area contributed by atoms with E-state index in [0.717, 1.165) is 102 Å². The first kappa shape index (κ1) is 46.4. The van der Waals surface area contributed by atoms with E-state index in [9.17, 15) is 0 Å². The average molecular weight is 1040 g/mol. The molecule has 0 spiro atoms. The standard InChI is InChI=1S/C75H50N6/c1-4-28-55(29-5-1)79-67-43-13-10-34-61(67)64-40-19-37-58(70(64)79)49-22-16-25-52(46-49)73-76-74(53-26-17-23-50(47-53)59-38-20-41-65-62-35-11-14-44-68(62)80(71(59)65)56-30-6-2-7-31-56)78-75(77-73)54-27-18-24-51(48-54)60-39-21-42-66-63-36-12-15-45-69(63)81(72(60)66)57-32-8-3-9-33-57/h1-14,16-44,46-48H,15,45H2. The van der Waals surface area contributed by atoms with Crippen molar-refractivity contribution in [3.63, 3.8) is 0 Å². The first-order chi connectivity index (χ1) is 40.2. The minimum atomic E-state index is 0.592. The van der Waals surface area contributed by atoms with E-state index >= 15 is 0 Å². The Labute approximate surface area is 468 Å². The molecule has 0 unspecified atom stereocenters. The molecule has 11 aromatic carbocycles. The number of nitrogens with zero attached hydrogens (tertiary/aromatic N) is 6. The molecule has 0 saturated heterocycles. The second-order valence-electron chi connectivity index (χ2n) is 21.0. The number of para-hydroxylation sites is 8. The maximum atomic E-state index is 5.46. The van der Waals surface area contributed by atoms with Gasteiger partial charge < -0.3 is 13.7 Å². The predicted octanol–water partition coefficient (Wildman–Crippen LogP) is 19.0. The summed E-state index contributed by atoms with van der Waals surface area (Å²) in [6.45, 7) is 0. The Morgan fingerprint density at radius 1 is 0.284 bits per heavy atom. The summed E-state index contributed by atoms with van der Waals surface area (Å²) in [5.74, 6) is 1.78. The van der Waals surface area contributed by atoms with Gasteiger partial charge in [-0.05, 0) is 96.3 Å². The molecule has 4 aromatic heterocycles. The molecule has 0 amide bonds. The first-order valence-electron chi connectivity index (χ1n) is 27.8. The SMILES string of the molecule is C1=Cc2c(n(-c3ccccc3)c3c(-c4cccc(-c5nc(-c6cccc(-c7cccc8c9ccccc9n(-c9ccccc9)c78)c6)nc(-c6cccc(-c7cccc8c9ccccc9n(-c9ccccc9)c78)c6)n5)c4)cccc23)CC1. The molecular formula is C75H50N6. The van der Waals surface area contributed by atoms with Crippen LogP contribution in [0.5, 0.6) is 0 Å². The Morgan fingerprint density at radius 2 is 0.630 bits per heavy atom. The summed E-state index contributed by atoms with van der Waals surface area (Å²) in [7, 11) is 0. The third kappa shape index (κ3) is 7.67. The van der Waals surface area contributed by atoms with Crippen molar-refractivity contribution in [2.75, 3.05) is 0 Å². The summed E-state index contributed by atoms with van der Waals surface area (Å²) >= 11 is 0. The maximum absolute atomic E-state index is 5.46. The van der Waals surface area contributed by atoms with Gasteiger partial charge in [-0.15, -0.1) is 0 Å². The topological polar surface area (TPSA) is 53.5 Å². The molecule has 15 aromatic rings. The van der Waals surface area contributed by atoms with Gasteiger partial charge in [0.25, 0.3) is 0 Å². The van der Waals surface area contributed by atoms with Crippen LogP contribution in [0.3, 0.4) is 0 Å². The zero-order valence-electron chi connectivity index (χ0n) is 44.2. The monoisotopic (exact) mass is 1030 g/mol. The fraction of sp³-hybridized carbons (Fsp3) is 0.0267. The molecule has 380 valence electrons. The van der Waals surface area contributed by atoms with Crippen LogP contribution in [0.4, 0.5) is 0 Å². The Hall–Kier alpha value is -10.7. The molecule has 0 N–H and O–H groups in total. The summed E-state index contributed by atoms with van der Waals surface area (Å²) in [5, 5.41) is 6.07. The van der Waals surface area contributed by atoms with Gasteiger partial charge in [0.15, 0.2) is 17.5 Å². The highest BCUT2D eigenvalue weighted by molar-refractivity contribution is 6.15. The van der Waals surface area contributed by atoms with E-state index in [1.807, 2.05) is 0 Å². The van der Waals surface area contributed by atoms with Gasteiger partial charge >= 0.3 is 0 Å². The third-order valence-electron chi connectivity index (χ3n) is 16.3. The molecule has 1 aliphatic carbocycles. The Balaban J connectivity index is 0.891. The van der Waals surface area contributed by atoms with Crippen LogP contribution in [-0.2, 0) is 6.42 Å². The quantitative estimate of drug-likeness (QED) is 0.145. The second kappa shape index (κ2) is 19.0. The normalized spacial score (nSPS) is 12.3. The smallest absolute Gasteiger partial charge is 0.164 e. The Kier molecular flexibility index (Phi) is 10.9. The van der Waals surface area contributed by atoms with Crippen LogP contribution in [0.1, 0.15) is 17.7 Å². The van der Waals surface area contributed by atoms with E-state index in [-0.39, 0.29) is 0 Å². The largest absolute Gasteiger partial charge is 0.312 e. The number of rotatable bonds is 9. The summed E-state index contributed by atoms with van der Waals surface area (Å²) in [6.07, 6.45) is 6.61. The number of hydrogen-bond donors (Lipinski definition) is 0. The molecule has 0 radical (unpaired) electrons. The lowest BCUT2D eigenvalue weighted by molar-refractivity contribution is 0.889. The lowest BCUT2D eigenvalue weighted by Crippen LogP contribution is -2.03. The molecule has 0 aliphatic heterocycles. The molecule has 0 fully saturated rings. The summed E-state index contributed by atoms with van der Waals surface area (Å²) in [6, 6.07) is 95.7. The van der Waals surface area contributed by atoms with Crippen LogP contribution in [0.2, 0.25) is 0 Å². The summed E-state index contributed by atoms with van der Waals surface area (Å²) in [5.41, 5.74) is 21.2. The van der Waals surface area contributed by atoms with Crippen molar-refractivity contribution in [3.05, 3.63) is 284 Å². The van der Waals surface area contributed by atoms with Gasteiger partial charge in [-0.3, -0.25) is 0 Å². The van der Waals surface area contributed by atoms with Gasteiger partial charge in [-0.25, -0.2) is 15.0 Å². The van der Waals surface area contributed by atoms with Crippen molar-refractivity contribution in [2.24, 2.45) is 0 Å². The lowest BCUT2D eigenvalue weighted by atomic mass is 9.98. The fourth-order valence-corrected chi connectivity index (χ4v) is 12.8. The minimum absolute atomic E-state index is 0.592. The van der Waals surface area contributed by atoms with Crippen LogP contribution >= 0.6 is 0 Å². The van der Waals surface area contributed by atoms with Crippen molar-refractivity contribution in [1.29, 1.82) is 0 Å². The first-order valence-corrected chi connectivity index (χ1v) is 27.8. The Bertz CT molecular complexity index is 4770. The zero-order chi connectivity index (χ0) is 53.4. The van der Waals surface area contributed by atoms with Gasteiger partial charge in [0, 0.05) is 88.6 Å². The Morgan fingerprint density at radius 3 is 1.07 bits per heavy atom. The van der Waals surface area contributed by atoms with Crippen molar-refractivity contribution in [3.8, 4) is 84.6 Å². The number of hydrogen-bond acceptors (Lipinski definition) is 3. The number of aromatic nitrogens is 6. The van der Waals surface area contributed by atoms with Gasteiger partial charge in [0.2, 0.25) is 0 Å². The van der Waals surface area contributed by atoms with Gasteiger partial charge in [0.1, 0.15) is 0 Å². The van der Waals surface area contributed by atoms with E-state index in [4.69, 9.17) is 15.0 Å². The minimum Gasteiger partial charge on any atom is -0.312 e. The molecule has 4 heterocycles. The number of fused-ring (bicyclic) bond motifs is 9. The lowest BCUT2D eigenvalue weighted by Gasteiger charge is -2.15. The van der Waals surface area contributed by atoms with E-state index < -0.39 is 0 Å². The number of benzene rings is 11. The van der Waals surface area contributed by atoms with Crippen molar-refractivity contribution in [1.82, 2.24) is 28.7 Å². The van der Waals surface area contributed by atoms with Crippen molar-refractivity contribution >= 4 is 60.6 Å². The molecular weight excluding hydrogens is 985 g/mol. The molecule has 6 nitrogen and oxygen atoms in total. The van der Waals surface area contributed by atoms with Crippen LogP contribution in [0.25, 0.3) is 145 Å². The maximum Gasteiger partial charge on any atom is 0.164 e. The van der Waals surface area contributed by atoms with Gasteiger partial charge in [-0.1, -0.05) is 212 Å². The molecule has 1 aliphatic rings. The molecule has 6 heteroatoms. The van der Waals surface area contributed by atoms with Crippen molar-refractivity contribution < 1.29 is 0 Å². The fourth-order valence-electron chi connectivity index (χ4n) is 12.8. The number of allylic oxidation sites excluding steroid dienone is 1. The van der Waals surface area contributed by atoms with E-state index in [1.54, 1.807) is 0 Å². The van der Waals surface area contributed by atoms with E-state index in [1.165, 1.54) is 43.7 Å². The third-order valence-corrected chi connectivity index (χ3v) is 16.3. The average Bonchev–Trinajstić information content (AvgIpc) is 4.21. The predicted molar refractivity (Wildman–Crippen MR) is 335 cm³/mol. The molecule has 0 saturated carbocycles. The highest BCUT2D eigenvalue weighted by atomic mass is 15.0. The molecule has 16 rings (SSSR count). The van der Waals surface area contributed by atoms with Crippen LogP contribution in [0.15, 0.2) is 273 Å². The highest BCUT2D eigenvalue weighted by Gasteiger charge is 2.24. The van der Waals surface area contributed by atoms with E-state index in [0.29, 0.717) is 17.5 Å². The summed E-state index contributed by atoms with van der Waals surface area (Å²) in [4.78, 5) is 16.4. The molecule has 81 heavy (non-hydrogen) atoms. The van der Waals surface area contributed by atoms with Crippen LogP contribution < -0.4 is 0 Å². The van der Waals surface area contributed by atoms with Gasteiger partial charge in [0.05, 0.1) is 27.6 Å². The van der Waals surface area contributed by atoms with Crippen molar-refractivity contribution in [2.45, 2.75) is 12.8 Å². The second-order valence-corrected chi connectivity index (χ2v) is 21.0. The zero-order valence-corrected chi connectivity index (χ0v) is 44.2. The molecule has 0 bridgehead atoms. The van der Waals surface area contributed by atoms with Gasteiger partial charge in [-0.2, -0.15) is 0 Å². The highest BCUT2D eigenvalue weighted by Crippen LogP contribution is 2.43.